The summed E-state index contributed by atoms with van der Waals surface area (Å²) in [5.41, 5.74) is 5.84. The van der Waals surface area contributed by atoms with Crippen molar-refractivity contribution >= 4 is 17.9 Å². The molecule has 1 aliphatic heterocycles. The number of nitrogens with zero attached hydrogens (tertiary/aromatic N) is 1. The second kappa shape index (κ2) is 7.48. The summed E-state index contributed by atoms with van der Waals surface area (Å²) in [5, 5.41) is 2.58. The largest absolute Gasteiger partial charge is 0.446 e. The molecular weight excluding hydrogens is 298 g/mol. The van der Waals surface area contributed by atoms with E-state index in [1.54, 1.807) is 6.92 Å². The van der Waals surface area contributed by atoms with Crippen LogP contribution in [0, 0.1) is 0 Å². The lowest BCUT2D eigenvalue weighted by molar-refractivity contribution is -0.138. The molecule has 128 valence electrons. The highest BCUT2D eigenvalue weighted by Gasteiger charge is 2.37. The zero-order chi connectivity index (χ0) is 17.0. The van der Waals surface area contributed by atoms with E-state index < -0.39 is 24.1 Å². The Balaban J connectivity index is 1.99. The number of carbonyl (C=O) groups excluding carboxylic acids is 3. The van der Waals surface area contributed by atoms with Gasteiger partial charge in [-0.05, 0) is 51.0 Å². The minimum atomic E-state index is -0.899. The van der Waals surface area contributed by atoms with Gasteiger partial charge in [-0.15, -0.1) is 0 Å². The van der Waals surface area contributed by atoms with Gasteiger partial charge in [0.05, 0.1) is 0 Å². The minimum Gasteiger partial charge on any atom is -0.446 e. The molecule has 1 aliphatic carbocycles. The van der Waals surface area contributed by atoms with Crippen molar-refractivity contribution in [2.24, 2.45) is 5.73 Å². The average Bonchev–Trinajstić information content (AvgIpc) is 3.14. The van der Waals surface area contributed by atoms with E-state index in [0.717, 1.165) is 32.1 Å². The molecule has 7 heteroatoms. The third kappa shape index (κ3) is 4.24. The Hall–Kier alpha value is -2.05. The molecule has 1 saturated heterocycles. The van der Waals surface area contributed by atoms with Gasteiger partial charge in [0, 0.05) is 6.54 Å². The maximum Gasteiger partial charge on any atom is 0.408 e. The zero-order valence-corrected chi connectivity index (χ0v) is 13.5. The van der Waals surface area contributed by atoms with Gasteiger partial charge in [-0.1, -0.05) is 6.58 Å². The van der Waals surface area contributed by atoms with Crippen LogP contribution in [0.1, 0.15) is 45.4 Å². The Morgan fingerprint density at radius 1 is 1.22 bits per heavy atom. The van der Waals surface area contributed by atoms with Crippen LogP contribution in [-0.2, 0) is 14.3 Å². The smallest absolute Gasteiger partial charge is 0.408 e. The summed E-state index contributed by atoms with van der Waals surface area (Å²) in [7, 11) is 0. The molecule has 7 nitrogen and oxygen atoms in total. The van der Waals surface area contributed by atoms with Gasteiger partial charge in [-0.2, -0.15) is 0 Å². The molecule has 2 rings (SSSR count). The SMILES string of the molecule is C=C(C)C(NC(=O)OC1CCCC1)C(=O)N1CCC[C@H]1C(N)=O. The Labute approximate surface area is 136 Å². The van der Waals surface area contributed by atoms with Crippen molar-refractivity contribution < 1.29 is 19.1 Å². The molecule has 2 atom stereocenters. The predicted molar refractivity (Wildman–Crippen MR) is 84.4 cm³/mol. The molecular formula is C16H25N3O4. The highest BCUT2D eigenvalue weighted by Crippen LogP contribution is 2.22. The number of hydrogen-bond donors (Lipinski definition) is 2. The number of carbonyl (C=O) groups is 3. The van der Waals surface area contributed by atoms with Crippen molar-refractivity contribution in [2.75, 3.05) is 6.54 Å². The topological polar surface area (TPSA) is 102 Å². The number of likely N-dealkylation sites (tertiary alicyclic amines) is 1. The van der Waals surface area contributed by atoms with E-state index >= 15 is 0 Å². The Bertz CT molecular complexity index is 500. The molecule has 0 aromatic rings. The number of ether oxygens (including phenoxy) is 1. The van der Waals surface area contributed by atoms with Crippen LogP contribution in [0.25, 0.3) is 0 Å². The zero-order valence-electron chi connectivity index (χ0n) is 13.5. The van der Waals surface area contributed by atoms with E-state index in [2.05, 4.69) is 11.9 Å². The maximum atomic E-state index is 12.7. The van der Waals surface area contributed by atoms with Crippen molar-refractivity contribution in [1.29, 1.82) is 0 Å². The number of alkyl carbamates (subject to hydrolysis) is 1. The lowest BCUT2D eigenvalue weighted by atomic mass is 10.1. The first-order valence-corrected chi connectivity index (χ1v) is 8.12. The molecule has 1 heterocycles. The van der Waals surface area contributed by atoms with Gasteiger partial charge in [-0.25, -0.2) is 4.79 Å². The molecule has 0 bridgehead atoms. The third-order valence-electron chi connectivity index (χ3n) is 4.44. The fourth-order valence-corrected chi connectivity index (χ4v) is 3.20. The highest BCUT2D eigenvalue weighted by molar-refractivity contribution is 5.93. The van der Waals surface area contributed by atoms with Crippen molar-refractivity contribution in [3.05, 3.63) is 12.2 Å². The monoisotopic (exact) mass is 323 g/mol. The fourth-order valence-electron chi connectivity index (χ4n) is 3.20. The summed E-state index contributed by atoms with van der Waals surface area (Å²) in [4.78, 5) is 37.6. The molecule has 0 radical (unpaired) electrons. The molecule has 2 fully saturated rings. The molecule has 0 aromatic carbocycles. The van der Waals surface area contributed by atoms with Crippen LogP contribution in [0.4, 0.5) is 4.79 Å². The minimum absolute atomic E-state index is 0.0824. The predicted octanol–water partition coefficient (Wildman–Crippen LogP) is 1.08. The van der Waals surface area contributed by atoms with Crippen molar-refractivity contribution in [3.8, 4) is 0 Å². The Morgan fingerprint density at radius 2 is 1.87 bits per heavy atom. The molecule has 2 aliphatic rings. The molecule has 0 aromatic heterocycles. The first-order valence-electron chi connectivity index (χ1n) is 8.12. The summed E-state index contributed by atoms with van der Waals surface area (Å²) in [5.74, 6) is -0.882. The third-order valence-corrected chi connectivity index (χ3v) is 4.44. The summed E-state index contributed by atoms with van der Waals surface area (Å²) >= 11 is 0. The lowest BCUT2D eigenvalue weighted by Crippen LogP contribution is -2.53. The van der Waals surface area contributed by atoms with Crippen molar-refractivity contribution in [2.45, 2.75) is 63.6 Å². The summed E-state index contributed by atoms with van der Waals surface area (Å²) in [6, 6.07) is -1.51. The van der Waals surface area contributed by atoms with Gasteiger partial charge in [0.2, 0.25) is 11.8 Å². The van der Waals surface area contributed by atoms with Gasteiger partial charge in [-0.3, -0.25) is 9.59 Å². The molecule has 1 unspecified atom stereocenters. The summed E-state index contributed by atoms with van der Waals surface area (Å²) in [6.07, 6.45) is 4.38. The lowest BCUT2D eigenvalue weighted by Gasteiger charge is -2.28. The standard InChI is InChI=1S/C16H25N3O4/c1-10(2)13(18-16(22)23-11-6-3-4-7-11)15(21)19-9-5-8-12(19)14(17)20/h11-13H,1,3-9H2,2H3,(H2,17,20)(H,18,22)/t12-,13?/m0/s1. The normalized spacial score (nSPS) is 22.7. The van der Waals surface area contributed by atoms with E-state index in [0.29, 0.717) is 18.5 Å². The molecule has 23 heavy (non-hydrogen) atoms. The van der Waals surface area contributed by atoms with Crippen LogP contribution in [0.3, 0.4) is 0 Å². The first kappa shape index (κ1) is 17.3. The first-order chi connectivity index (χ1) is 10.9. The molecule has 3 N–H and O–H groups in total. The number of nitrogens with two attached hydrogens (primary N) is 1. The Kier molecular flexibility index (Phi) is 5.63. The van der Waals surface area contributed by atoms with Gasteiger partial charge < -0.3 is 20.7 Å². The van der Waals surface area contributed by atoms with E-state index in [1.165, 1.54) is 4.90 Å². The summed E-state index contributed by atoms with van der Waals surface area (Å²) in [6.45, 7) is 5.88. The maximum absolute atomic E-state index is 12.7. The Morgan fingerprint density at radius 3 is 2.43 bits per heavy atom. The van der Waals surface area contributed by atoms with Gasteiger partial charge in [0.25, 0.3) is 0 Å². The van der Waals surface area contributed by atoms with Crippen LogP contribution in [0.5, 0.6) is 0 Å². The highest BCUT2D eigenvalue weighted by atomic mass is 16.6. The van der Waals surface area contributed by atoms with Crippen molar-refractivity contribution in [1.82, 2.24) is 10.2 Å². The quantitative estimate of drug-likeness (QED) is 0.739. The van der Waals surface area contributed by atoms with E-state index in [9.17, 15) is 14.4 Å². The number of nitrogens with one attached hydrogen (secondary N) is 1. The van der Waals surface area contributed by atoms with E-state index in [4.69, 9.17) is 10.5 Å². The van der Waals surface area contributed by atoms with Crippen LogP contribution in [-0.4, -0.2) is 47.5 Å². The number of amides is 3. The second-order valence-electron chi connectivity index (χ2n) is 6.33. The van der Waals surface area contributed by atoms with Gasteiger partial charge in [0.15, 0.2) is 0 Å². The van der Waals surface area contributed by atoms with Crippen LogP contribution >= 0.6 is 0 Å². The average molecular weight is 323 g/mol. The molecule has 0 spiro atoms. The van der Waals surface area contributed by atoms with E-state index in [1.807, 2.05) is 0 Å². The number of rotatable bonds is 5. The second-order valence-corrected chi connectivity index (χ2v) is 6.33. The van der Waals surface area contributed by atoms with Gasteiger partial charge in [0.1, 0.15) is 18.2 Å². The number of hydrogen-bond acceptors (Lipinski definition) is 4. The van der Waals surface area contributed by atoms with Crippen LogP contribution in [0.2, 0.25) is 0 Å². The van der Waals surface area contributed by atoms with Crippen LogP contribution in [0.15, 0.2) is 12.2 Å². The summed E-state index contributed by atoms with van der Waals surface area (Å²) < 4.78 is 5.33. The molecule has 3 amide bonds. The van der Waals surface area contributed by atoms with Gasteiger partial charge >= 0.3 is 6.09 Å². The van der Waals surface area contributed by atoms with E-state index in [-0.39, 0.29) is 12.0 Å². The molecule has 1 saturated carbocycles. The van der Waals surface area contributed by atoms with Crippen molar-refractivity contribution in [3.63, 3.8) is 0 Å². The van der Waals surface area contributed by atoms with Crippen LogP contribution < -0.4 is 11.1 Å². The fraction of sp³-hybridized carbons (Fsp3) is 0.688. The number of primary amides is 1.